The fourth-order valence-electron chi connectivity index (χ4n) is 9.40. The van der Waals surface area contributed by atoms with Crippen molar-refractivity contribution in [1.29, 1.82) is 0 Å². The smallest absolute Gasteiger partial charge is 0.138 e. The van der Waals surface area contributed by atoms with Crippen molar-refractivity contribution in [3.63, 3.8) is 0 Å². The molecule has 3 fully saturated rings. The summed E-state index contributed by atoms with van der Waals surface area (Å²) in [5, 5.41) is 0. The average Bonchev–Trinajstić information content (AvgIpc) is 3.09. The van der Waals surface area contributed by atoms with E-state index < -0.39 is 0 Å². The summed E-state index contributed by atoms with van der Waals surface area (Å²) in [6.07, 6.45) is 17.5. The summed E-state index contributed by atoms with van der Waals surface area (Å²) < 4.78 is 0. The summed E-state index contributed by atoms with van der Waals surface area (Å²) in [5.41, 5.74) is 2.62. The molecule has 3 saturated carbocycles. The number of carbonyl (C=O) groups is 1. The molecule has 8 atom stereocenters. The van der Waals surface area contributed by atoms with E-state index in [2.05, 4.69) is 54.5 Å². The highest BCUT2D eigenvalue weighted by Gasteiger charge is 2.59. The topological polar surface area (TPSA) is 17.1 Å². The van der Waals surface area contributed by atoms with Gasteiger partial charge in [-0.05, 0) is 97.7 Å². The molecule has 0 aromatic rings. The number of hydrogen-bond donors (Lipinski definition) is 0. The maximum absolute atomic E-state index is 12.7. The second kappa shape index (κ2) is 9.22. The lowest BCUT2D eigenvalue weighted by Crippen LogP contribution is -2.50. The Morgan fingerprint density at radius 1 is 1.00 bits per heavy atom. The van der Waals surface area contributed by atoms with Crippen molar-refractivity contribution in [2.75, 3.05) is 0 Å². The SMILES string of the molecule is CC(C)CCC[C@@H](C)[C@H]1CCC2[C@@H]3CC=C4CC(C(=O)C(C)C)CC[C@]4(C)C3CC[C@@]21C.[HH].[HH]. The Morgan fingerprint density at radius 2 is 1.75 bits per heavy atom. The number of fused-ring (bicyclic) bond motifs is 5. The van der Waals surface area contributed by atoms with Gasteiger partial charge in [0, 0.05) is 14.7 Å². The van der Waals surface area contributed by atoms with Gasteiger partial charge in [-0.1, -0.05) is 79.4 Å². The zero-order valence-corrected chi connectivity index (χ0v) is 22.4. The summed E-state index contributed by atoms with van der Waals surface area (Å²) in [5.74, 6) is 6.37. The summed E-state index contributed by atoms with van der Waals surface area (Å²) >= 11 is 0. The molecule has 4 aliphatic rings. The highest BCUT2D eigenvalue weighted by molar-refractivity contribution is 5.83. The van der Waals surface area contributed by atoms with Gasteiger partial charge < -0.3 is 0 Å². The predicted molar refractivity (Wildman–Crippen MR) is 141 cm³/mol. The van der Waals surface area contributed by atoms with Gasteiger partial charge in [0.25, 0.3) is 0 Å². The fraction of sp³-hybridized carbons (Fsp3) is 0.903. The minimum Gasteiger partial charge on any atom is -0.299 e. The van der Waals surface area contributed by atoms with Crippen LogP contribution in [0.15, 0.2) is 11.6 Å². The molecule has 0 saturated heterocycles. The van der Waals surface area contributed by atoms with Crippen LogP contribution in [0, 0.1) is 58.2 Å². The van der Waals surface area contributed by atoms with Crippen LogP contribution in [0.4, 0.5) is 0 Å². The lowest BCUT2D eigenvalue weighted by Gasteiger charge is -2.58. The Kier molecular flexibility index (Phi) is 7.07. The third-order valence-corrected chi connectivity index (χ3v) is 11.3. The summed E-state index contributed by atoms with van der Waals surface area (Å²) in [7, 11) is 0. The largest absolute Gasteiger partial charge is 0.299 e. The first-order valence-electron chi connectivity index (χ1n) is 14.3. The molecule has 0 N–H and O–H groups in total. The van der Waals surface area contributed by atoms with E-state index in [1.165, 1.54) is 57.8 Å². The number of allylic oxidation sites excluding steroid dienone is 2. The Morgan fingerprint density at radius 3 is 2.44 bits per heavy atom. The maximum atomic E-state index is 12.7. The van der Waals surface area contributed by atoms with Gasteiger partial charge >= 0.3 is 0 Å². The second-order valence-corrected chi connectivity index (χ2v) is 13.8. The Balaban J connectivity index is 0.00000204. The van der Waals surface area contributed by atoms with E-state index in [0.717, 1.165) is 48.3 Å². The number of carbonyl (C=O) groups excluding carboxylic acids is 1. The number of rotatable bonds is 7. The minimum absolute atomic E-state index is 0. The van der Waals surface area contributed by atoms with Gasteiger partial charge in [-0.3, -0.25) is 4.79 Å². The maximum Gasteiger partial charge on any atom is 0.138 e. The molecule has 4 aliphatic carbocycles. The van der Waals surface area contributed by atoms with Crippen LogP contribution in [0.1, 0.15) is 122 Å². The molecule has 0 aromatic heterocycles. The Labute approximate surface area is 202 Å². The van der Waals surface area contributed by atoms with Crippen LogP contribution in [0.25, 0.3) is 0 Å². The lowest BCUT2D eigenvalue weighted by atomic mass is 9.46. The quantitative estimate of drug-likeness (QED) is 0.357. The molecule has 3 unspecified atom stereocenters. The van der Waals surface area contributed by atoms with E-state index in [4.69, 9.17) is 0 Å². The molecule has 0 amide bonds. The molecule has 0 aromatic carbocycles. The van der Waals surface area contributed by atoms with Crippen molar-refractivity contribution < 1.29 is 7.65 Å². The van der Waals surface area contributed by atoms with Crippen molar-refractivity contribution in [3.8, 4) is 0 Å². The number of Topliss-reactive ketones (excluding diaryl/α,β-unsaturated/α-hetero) is 1. The standard InChI is InChI=1S/C31H52O.2H2/c1-20(2)9-8-10-22(5)26-13-14-27-25-12-11-24-19-23(29(32)21(3)4)15-17-30(24,6)28(25)16-18-31(26,27)7;;/h11,20-23,25-28H,8-10,12-19H2,1-7H3;2*1H/t22-,23?,25+,26-,27?,28?,30+,31-;;/m1../s1. The molecule has 0 bridgehead atoms. The van der Waals surface area contributed by atoms with Gasteiger partial charge in [-0.15, -0.1) is 0 Å². The van der Waals surface area contributed by atoms with E-state index >= 15 is 0 Å². The third-order valence-electron chi connectivity index (χ3n) is 11.3. The van der Waals surface area contributed by atoms with Crippen molar-refractivity contribution >= 4 is 5.78 Å². The van der Waals surface area contributed by atoms with Gasteiger partial charge in [-0.2, -0.15) is 0 Å². The molecule has 1 heteroatoms. The van der Waals surface area contributed by atoms with Crippen LogP contribution < -0.4 is 0 Å². The molecule has 32 heavy (non-hydrogen) atoms. The van der Waals surface area contributed by atoms with Crippen LogP contribution in [0.5, 0.6) is 0 Å². The minimum atomic E-state index is 0. The van der Waals surface area contributed by atoms with E-state index in [0.29, 0.717) is 22.5 Å². The molecule has 186 valence electrons. The Bertz CT molecular complexity index is 727. The van der Waals surface area contributed by atoms with Gasteiger partial charge in [0.2, 0.25) is 0 Å². The van der Waals surface area contributed by atoms with E-state index in [9.17, 15) is 4.79 Å². The van der Waals surface area contributed by atoms with Crippen molar-refractivity contribution in [1.82, 2.24) is 0 Å². The summed E-state index contributed by atoms with van der Waals surface area (Å²) in [4.78, 5) is 12.7. The lowest BCUT2D eigenvalue weighted by molar-refractivity contribution is -0.127. The van der Waals surface area contributed by atoms with Gasteiger partial charge in [0.05, 0.1) is 0 Å². The van der Waals surface area contributed by atoms with Crippen LogP contribution in [0.3, 0.4) is 0 Å². The number of hydrogen-bond acceptors (Lipinski definition) is 1. The monoisotopic (exact) mass is 444 g/mol. The molecule has 0 aliphatic heterocycles. The molecular weight excluding hydrogens is 388 g/mol. The average molecular weight is 445 g/mol. The molecule has 0 heterocycles. The van der Waals surface area contributed by atoms with Crippen LogP contribution in [0.2, 0.25) is 0 Å². The van der Waals surface area contributed by atoms with Crippen LogP contribution in [-0.4, -0.2) is 5.78 Å². The van der Waals surface area contributed by atoms with Gasteiger partial charge in [-0.25, -0.2) is 0 Å². The van der Waals surface area contributed by atoms with Crippen LogP contribution >= 0.6 is 0 Å². The van der Waals surface area contributed by atoms with E-state index in [1.54, 1.807) is 5.57 Å². The van der Waals surface area contributed by atoms with Crippen molar-refractivity contribution in [2.45, 2.75) is 119 Å². The highest BCUT2D eigenvalue weighted by Crippen LogP contribution is 2.67. The molecule has 1 nitrogen and oxygen atoms in total. The molecule has 0 spiro atoms. The first-order valence-corrected chi connectivity index (χ1v) is 14.3. The summed E-state index contributed by atoms with van der Waals surface area (Å²) in [6, 6.07) is 0. The second-order valence-electron chi connectivity index (χ2n) is 13.8. The van der Waals surface area contributed by atoms with E-state index in [-0.39, 0.29) is 8.77 Å². The zero-order valence-electron chi connectivity index (χ0n) is 22.4. The van der Waals surface area contributed by atoms with Crippen molar-refractivity contribution in [2.24, 2.45) is 58.2 Å². The highest BCUT2D eigenvalue weighted by atomic mass is 16.1. The van der Waals surface area contributed by atoms with Crippen molar-refractivity contribution in [3.05, 3.63) is 11.6 Å². The first-order chi connectivity index (χ1) is 15.1. The predicted octanol–water partition coefficient (Wildman–Crippen LogP) is 9.36. The molecular formula is C31H56O. The summed E-state index contributed by atoms with van der Waals surface area (Å²) in [6.45, 7) is 16.8. The molecule has 0 radical (unpaired) electrons. The van der Waals surface area contributed by atoms with Gasteiger partial charge in [0.15, 0.2) is 0 Å². The normalized spacial score (nSPS) is 42.3. The first kappa shape index (κ1) is 24.5. The van der Waals surface area contributed by atoms with E-state index in [1.807, 2.05) is 0 Å². The third kappa shape index (κ3) is 4.17. The molecule has 4 rings (SSSR count). The zero-order chi connectivity index (χ0) is 23.3. The van der Waals surface area contributed by atoms with Crippen LogP contribution in [-0.2, 0) is 4.79 Å². The Hall–Kier alpha value is -0.590. The number of ketones is 1. The fourth-order valence-corrected chi connectivity index (χ4v) is 9.40. The van der Waals surface area contributed by atoms with Gasteiger partial charge in [0.1, 0.15) is 5.78 Å².